The number of para-hydroxylation sites is 1. The molecule has 0 radical (unpaired) electrons. The van der Waals surface area contributed by atoms with Gasteiger partial charge in [-0.05, 0) is 37.0 Å². The van der Waals surface area contributed by atoms with Crippen LogP contribution in [0.15, 0.2) is 60.7 Å². The minimum absolute atomic E-state index is 0.0214. The number of nitrogens with zero attached hydrogens (tertiary/aromatic N) is 1. The third-order valence-electron chi connectivity index (χ3n) is 4.68. The lowest BCUT2D eigenvalue weighted by atomic mass is 10.1. The highest BCUT2D eigenvalue weighted by Crippen LogP contribution is 2.23. The number of hydrogen-bond acceptors (Lipinski definition) is 3. The zero-order chi connectivity index (χ0) is 17.5. The zero-order valence-corrected chi connectivity index (χ0v) is 15.5. The molecule has 0 aliphatic carbocycles. The van der Waals surface area contributed by atoms with Crippen LogP contribution in [0.3, 0.4) is 0 Å². The second kappa shape index (κ2) is 8.95. The van der Waals surface area contributed by atoms with E-state index in [0.29, 0.717) is 5.92 Å². The summed E-state index contributed by atoms with van der Waals surface area (Å²) in [6.07, 6.45) is 1.14. The molecule has 0 aromatic heterocycles. The molecule has 25 heavy (non-hydrogen) atoms. The van der Waals surface area contributed by atoms with Gasteiger partial charge in [-0.3, -0.25) is 4.79 Å². The number of carbonyl (C=O) groups excluding carboxylic acids is 1. The van der Waals surface area contributed by atoms with E-state index in [0.717, 1.165) is 31.8 Å². The van der Waals surface area contributed by atoms with Crippen LogP contribution in [0.4, 0.5) is 5.69 Å². The molecule has 0 bridgehead atoms. The molecular formula is C21H26N2OS. The van der Waals surface area contributed by atoms with Gasteiger partial charge in [0.1, 0.15) is 0 Å². The summed E-state index contributed by atoms with van der Waals surface area (Å²) in [5.74, 6) is 1.57. The van der Waals surface area contributed by atoms with Crippen LogP contribution in [0.1, 0.15) is 18.9 Å². The summed E-state index contributed by atoms with van der Waals surface area (Å²) in [4.78, 5) is 14.7. The Hall–Kier alpha value is -1.94. The molecule has 1 heterocycles. The standard InChI is InChI=1S/C21H26N2OS/c1-17(25-16-18-8-4-2-5-9-18)21(24)22-14-19-12-13-23(15-19)20-10-6-3-7-11-20/h2-11,17,19H,12-16H2,1H3,(H,22,24)/t17-,19+/m0/s1. The number of hydrogen-bond donors (Lipinski definition) is 1. The highest BCUT2D eigenvalue weighted by molar-refractivity contribution is 7.99. The number of nitrogens with one attached hydrogen (secondary N) is 1. The molecule has 0 spiro atoms. The van der Waals surface area contributed by atoms with E-state index in [9.17, 15) is 4.79 Å². The molecule has 4 heteroatoms. The van der Waals surface area contributed by atoms with Crippen LogP contribution >= 0.6 is 11.8 Å². The molecule has 3 rings (SSSR count). The van der Waals surface area contributed by atoms with Crippen LogP contribution in [0.5, 0.6) is 0 Å². The third kappa shape index (κ3) is 5.27. The van der Waals surface area contributed by atoms with E-state index >= 15 is 0 Å². The highest BCUT2D eigenvalue weighted by atomic mass is 32.2. The van der Waals surface area contributed by atoms with Crippen LogP contribution in [0.2, 0.25) is 0 Å². The van der Waals surface area contributed by atoms with Gasteiger partial charge in [0.05, 0.1) is 5.25 Å². The molecule has 2 atom stereocenters. The van der Waals surface area contributed by atoms with Crippen molar-refractivity contribution in [3.05, 3.63) is 66.2 Å². The predicted molar refractivity (Wildman–Crippen MR) is 107 cm³/mol. The molecule has 1 N–H and O–H groups in total. The Morgan fingerprint density at radius 1 is 1.16 bits per heavy atom. The molecule has 1 fully saturated rings. The Morgan fingerprint density at radius 3 is 2.56 bits per heavy atom. The Balaban J connectivity index is 1.39. The molecule has 132 valence electrons. The highest BCUT2D eigenvalue weighted by Gasteiger charge is 2.23. The van der Waals surface area contributed by atoms with Crippen molar-refractivity contribution in [1.29, 1.82) is 0 Å². The maximum absolute atomic E-state index is 12.3. The van der Waals surface area contributed by atoms with Crippen LogP contribution in [0.25, 0.3) is 0 Å². The minimum atomic E-state index is -0.0214. The van der Waals surface area contributed by atoms with Crippen LogP contribution in [-0.4, -0.2) is 30.8 Å². The van der Waals surface area contributed by atoms with E-state index < -0.39 is 0 Å². The van der Waals surface area contributed by atoms with Gasteiger partial charge in [-0.2, -0.15) is 0 Å². The van der Waals surface area contributed by atoms with E-state index in [1.807, 2.05) is 31.2 Å². The summed E-state index contributed by atoms with van der Waals surface area (Å²) in [6.45, 7) is 4.87. The lowest BCUT2D eigenvalue weighted by Gasteiger charge is -2.19. The molecule has 0 unspecified atom stereocenters. The van der Waals surface area contributed by atoms with E-state index in [1.165, 1.54) is 11.3 Å². The number of benzene rings is 2. The first-order valence-electron chi connectivity index (χ1n) is 8.95. The average molecular weight is 355 g/mol. The lowest BCUT2D eigenvalue weighted by molar-refractivity contribution is -0.120. The van der Waals surface area contributed by atoms with Crippen molar-refractivity contribution in [3.63, 3.8) is 0 Å². The molecular weight excluding hydrogens is 328 g/mol. The Kier molecular flexibility index (Phi) is 6.40. The van der Waals surface area contributed by atoms with Gasteiger partial charge in [-0.15, -0.1) is 11.8 Å². The molecule has 2 aromatic carbocycles. The summed E-state index contributed by atoms with van der Waals surface area (Å²) < 4.78 is 0. The maximum atomic E-state index is 12.3. The summed E-state index contributed by atoms with van der Waals surface area (Å²) in [7, 11) is 0. The molecule has 0 saturated carbocycles. The molecule has 1 saturated heterocycles. The monoisotopic (exact) mass is 354 g/mol. The maximum Gasteiger partial charge on any atom is 0.232 e. The van der Waals surface area contributed by atoms with Crippen LogP contribution in [-0.2, 0) is 10.5 Å². The van der Waals surface area contributed by atoms with Gasteiger partial charge in [0.25, 0.3) is 0 Å². The summed E-state index contributed by atoms with van der Waals surface area (Å²) in [5.41, 5.74) is 2.55. The second-order valence-corrected chi connectivity index (χ2v) is 7.95. The SMILES string of the molecule is C[C@H](SCc1ccccc1)C(=O)NC[C@H]1CCN(c2ccccc2)C1. The van der Waals surface area contributed by atoms with Crippen molar-refractivity contribution in [2.45, 2.75) is 24.3 Å². The number of amides is 1. The summed E-state index contributed by atoms with van der Waals surface area (Å²) in [6, 6.07) is 20.8. The topological polar surface area (TPSA) is 32.3 Å². The van der Waals surface area contributed by atoms with Crippen molar-refractivity contribution >= 4 is 23.4 Å². The van der Waals surface area contributed by atoms with Crippen molar-refractivity contribution in [3.8, 4) is 0 Å². The molecule has 3 nitrogen and oxygen atoms in total. The number of rotatable bonds is 7. The third-order valence-corrected chi connectivity index (χ3v) is 5.90. The Morgan fingerprint density at radius 2 is 1.84 bits per heavy atom. The minimum Gasteiger partial charge on any atom is -0.371 e. The zero-order valence-electron chi connectivity index (χ0n) is 14.7. The van der Waals surface area contributed by atoms with E-state index in [1.54, 1.807) is 11.8 Å². The van der Waals surface area contributed by atoms with Crippen molar-refractivity contribution in [2.75, 3.05) is 24.5 Å². The first kappa shape index (κ1) is 17.9. The number of carbonyl (C=O) groups is 1. The first-order chi connectivity index (χ1) is 12.2. The Bertz CT molecular complexity index is 662. The average Bonchev–Trinajstić information content (AvgIpc) is 3.15. The fourth-order valence-corrected chi connectivity index (χ4v) is 4.00. The number of thioether (sulfide) groups is 1. The lowest BCUT2D eigenvalue weighted by Crippen LogP contribution is -2.35. The van der Waals surface area contributed by atoms with Crippen molar-refractivity contribution in [1.82, 2.24) is 5.32 Å². The van der Waals surface area contributed by atoms with Gasteiger partial charge >= 0.3 is 0 Å². The Labute approximate surface area is 154 Å². The van der Waals surface area contributed by atoms with Gasteiger partial charge < -0.3 is 10.2 Å². The second-order valence-electron chi connectivity index (χ2n) is 6.62. The predicted octanol–water partition coefficient (Wildman–Crippen LogP) is 3.95. The van der Waals surface area contributed by atoms with E-state index in [2.05, 4.69) is 46.6 Å². The quantitative estimate of drug-likeness (QED) is 0.817. The van der Waals surface area contributed by atoms with Gasteiger partial charge in [0.15, 0.2) is 0 Å². The fraction of sp³-hybridized carbons (Fsp3) is 0.381. The van der Waals surface area contributed by atoms with Gasteiger partial charge in [0.2, 0.25) is 5.91 Å². The molecule has 1 aliphatic heterocycles. The smallest absolute Gasteiger partial charge is 0.232 e. The summed E-state index contributed by atoms with van der Waals surface area (Å²) in [5, 5.41) is 3.12. The normalized spacial score (nSPS) is 18.1. The van der Waals surface area contributed by atoms with Gasteiger partial charge in [-0.1, -0.05) is 48.5 Å². The van der Waals surface area contributed by atoms with Crippen LogP contribution < -0.4 is 10.2 Å². The van der Waals surface area contributed by atoms with E-state index in [4.69, 9.17) is 0 Å². The van der Waals surface area contributed by atoms with Gasteiger partial charge in [-0.25, -0.2) is 0 Å². The molecule has 2 aromatic rings. The van der Waals surface area contributed by atoms with E-state index in [-0.39, 0.29) is 11.2 Å². The van der Waals surface area contributed by atoms with Gasteiger partial charge in [0, 0.05) is 31.1 Å². The van der Waals surface area contributed by atoms with Crippen molar-refractivity contribution < 1.29 is 4.79 Å². The summed E-state index contributed by atoms with van der Waals surface area (Å²) >= 11 is 1.70. The fourth-order valence-electron chi connectivity index (χ4n) is 3.13. The van der Waals surface area contributed by atoms with Crippen molar-refractivity contribution in [2.24, 2.45) is 5.92 Å². The largest absolute Gasteiger partial charge is 0.371 e. The van der Waals surface area contributed by atoms with Crippen LogP contribution in [0, 0.1) is 5.92 Å². The number of anilines is 1. The first-order valence-corrected chi connectivity index (χ1v) is 10.0. The molecule has 1 aliphatic rings. The molecule has 1 amide bonds.